The van der Waals surface area contributed by atoms with E-state index in [-0.39, 0.29) is 17.4 Å². The zero-order valence-electron chi connectivity index (χ0n) is 19.4. The zero-order chi connectivity index (χ0) is 23.0. The summed E-state index contributed by atoms with van der Waals surface area (Å²) in [4.78, 5) is 28.8. The van der Waals surface area contributed by atoms with Crippen LogP contribution in [0.3, 0.4) is 0 Å². The molecular formula is C25H34N2O3S. The predicted molar refractivity (Wildman–Crippen MR) is 127 cm³/mol. The molecule has 2 rings (SSSR count). The molecule has 6 heteroatoms. The lowest BCUT2D eigenvalue weighted by molar-refractivity contribution is -0.140. The number of ether oxygens (including phenoxy) is 1. The fraction of sp³-hybridized carbons (Fsp3) is 0.440. The van der Waals surface area contributed by atoms with Gasteiger partial charge in [0.25, 0.3) is 0 Å². The molecular weight excluding hydrogens is 408 g/mol. The summed E-state index contributed by atoms with van der Waals surface area (Å²) in [5.74, 6) is 1.19. The molecule has 2 aromatic rings. The van der Waals surface area contributed by atoms with Gasteiger partial charge < -0.3 is 15.0 Å². The number of benzene rings is 2. The van der Waals surface area contributed by atoms with Crippen molar-refractivity contribution in [1.82, 2.24) is 10.2 Å². The van der Waals surface area contributed by atoms with Gasteiger partial charge >= 0.3 is 0 Å². The van der Waals surface area contributed by atoms with Crippen molar-refractivity contribution in [2.45, 2.75) is 64.1 Å². The summed E-state index contributed by atoms with van der Waals surface area (Å²) in [6.07, 6.45) is 0.357. The van der Waals surface area contributed by atoms with Crippen molar-refractivity contribution in [1.29, 1.82) is 0 Å². The molecule has 0 aliphatic rings. The maximum Gasteiger partial charge on any atom is 0.242 e. The highest BCUT2D eigenvalue weighted by molar-refractivity contribution is 7.99. The van der Waals surface area contributed by atoms with Crippen molar-refractivity contribution >= 4 is 23.6 Å². The van der Waals surface area contributed by atoms with Crippen LogP contribution in [0.25, 0.3) is 0 Å². The molecule has 2 aromatic carbocycles. The third-order valence-corrected chi connectivity index (χ3v) is 5.77. The van der Waals surface area contributed by atoms with Crippen LogP contribution in [0.15, 0.2) is 53.4 Å². The number of methoxy groups -OCH3 is 1. The second kappa shape index (κ2) is 11.2. The van der Waals surface area contributed by atoms with Crippen LogP contribution in [0.4, 0.5) is 0 Å². The monoisotopic (exact) mass is 442 g/mol. The lowest BCUT2D eigenvalue weighted by Gasteiger charge is -2.31. The number of aryl methyl sites for hydroxylation is 1. The third-order valence-electron chi connectivity index (χ3n) is 4.76. The molecule has 0 spiro atoms. The number of rotatable bonds is 9. The molecule has 2 amide bonds. The molecule has 0 saturated heterocycles. The van der Waals surface area contributed by atoms with E-state index in [0.717, 1.165) is 16.2 Å². The number of nitrogens with zero attached hydrogens (tertiary/aromatic N) is 1. The van der Waals surface area contributed by atoms with Gasteiger partial charge in [0.05, 0.1) is 7.11 Å². The lowest BCUT2D eigenvalue weighted by Crippen LogP contribution is -2.52. The Morgan fingerprint density at radius 1 is 1.13 bits per heavy atom. The number of thioether (sulfide) groups is 1. The van der Waals surface area contributed by atoms with Crippen molar-refractivity contribution < 1.29 is 14.3 Å². The summed E-state index contributed by atoms with van der Waals surface area (Å²) in [6, 6.07) is 15.3. The number of carbonyl (C=O) groups excluding carboxylic acids is 2. The van der Waals surface area contributed by atoms with Gasteiger partial charge in [0, 0.05) is 29.2 Å². The molecule has 1 atom stereocenters. The molecule has 168 valence electrons. The highest BCUT2D eigenvalue weighted by atomic mass is 32.2. The number of nitrogens with one attached hydrogen (secondary N) is 1. The first-order chi connectivity index (χ1) is 14.6. The molecule has 5 nitrogen and oxygen atoms in total. The van der Waals surface area contributed by atoms with Gasteiger partial charge in [0.1, 0.15) is 11.8 Å². The molecule has 0 unspecified atom stereocenters. The molecule has 0 heterocycles. The predicted octanol–water partition coefficient (Wildman–Crippen LogP) is 4.82. The fourth-order valence-corrected chi connectivity index (χ4v) is 3.90. The maximum atomic E-state index is 13.2. The zero-order valence-corrected chi connectivity index (χ0v) is 20.2. The quantitative estimate of drug-likeness (QED) is 0.566. The van der Waals surface area contributed by atoms with E-state index in [1.165, 1.54) is 5.56 Å². The highest BCUT2D eigenvalue weighted by Gasteiger charge is 2.28. The van der Waals surface area contributed by atoms with E-state index >= 15 is 0 Å². The van der Waals surface area contributed by atoms with E-state index in [4.69, 9.17) is 4.74 Å². The second-order valence-electron chi connectivity index (χ2n) is 8.70. The molecule has 0 aliphatic heterocycles. The summed E-state index contributed by atoms with van der Waals surface area (Å²) in [5.41, 5.74) is 1.77. The van der Waals surface area contributed by atoms with E-state index in [9.17, 15) is 9.59 Å². The van der Waals surface area contributed by atoms with Crippen LogP contribution in [-0.2, 0) is 16.1 Å². The number of hydrogen-bond donors (Lipinski definition) is 1. The first-order valence-corrected chi connectivity index (χ1v) is 11.5. The Morgan fingerprint density at radius 2 is 1.81 bits per heavy atom. The van der Waals surface area contributed by atoms with Crippen LogP contribution in [0.1, 0.15) is 45.2 Å². The Bertz CT molecular complexity index is 875. The van der Waals surface area contributed by atoms with Crippen LogP contribution in [-0.4, -0.2) is 41.2 Å². The van der Waals surface area contributed by atoms with E-state index < -0.39 is 6.04 Å². The Morgan fingerprint density at radius 3 is 2.42 bits per heavy atom. The van der Waals surface area contributed by atoms with E-state index in [1.54, 1.807) is 30.7 Å². The average Bonchev–Trinajstić information content (AvgIpc) is 2.71. The largest absolute Gasteiger partial charge is 0.497 e. The minimum atomic E-state index is -0.581. The summed E-state index contributed by atoms with van der Waals surface area (Å²) in [5, 5.41) is 2.99. The first kappa shape index (κ1) is 24.8. The first-order valence-electron chi connectivity index (χ1n) is 10.5. The van der Waals surface area contributed by atoms with Gasteiger partial charge in [-0.2, -0.15) is 0 Å². The molecule has 0 aromatic heterocycles. The molecule has 0 bridgehead atoms. The van der Waals surface area contributed by atoms with Crippen LogP contribution < -0.4 is 10.1 Å². The summed E-state index contributed by atoms with van der Waals surface area (Å²) < 4.78 is 5.31. The Labute approximate surface area is 190 Å². The van der Waals surface area contributed by atoms with Crippen LogP contribution >= 0.6 is 11.8 Å². The summed E-state index contributed by atoms with van der Waals surface area (Å²) in [7, 11) is 1.61. The highest BCUT2D eigenvalue weighted by Crippen LogP contribution is 2.21. The van der Waals surface area contributed by atoms with Crippen LogP contribution in [0, 0.1) is 6.92 Å². The van der Waals surface area contributed by atoms with Crippen molar-refractivity contribution in [2.75, 3.05) is 12.9 Å². The average molecular weight is 443 g/mol. The van der Waals surface area contributed by atoms with E-state index in [1.807, 2.05) is 45.0 Å². The smallest absolute Gasteiger partial charge is 0.242 e. The van der Waals surface area contributed by atoms with Gasteiger partial charge in [-0.3, -0.25) is 9.59 Å². The summed E-state index contributed by atoms with van der Waals surface area (Å²) >= 11 is 1.65. The normalized spacial score (nSPS) is 12.2. The van der Waals surface area contributed by atoms with Gasteiger partial charge in [-0.1, -0.05) is 29.8 Å². The van der Waals surface area contributed by atoms with Crippen molar-refractivity contribution in [3.63, 3.8) is 0 Å². The maximum absolute atomic E-state index is 13.2. The lowest BCUT2D eigenvalue weighted by atomic mass is 10.1. The minimum Gasteiger partial charge on any atom is -0.497 e. The van der Waals surface area contributed by atoms with Crippen molar-refractivity contribution in [2.24, 2.45) is 0 Å². The molecule has 0 fully saturated rings. The van der Waals surface area contributed by atoms with Crippen molar-refractivity contribution in [3.05, 3.63) is 59.7 Å². The van der Waals surface area contributed by atoms with Gasteiger partial charge in [0.2, 0.25) is 11.8 Å². The molecule has 31 heavy (non-hydrogen) atoms. The van der Waals surface area contributed by atoms with E-state index in [0.29, 0.717) is 18.7 Å². The summed E-state index contributed by atoms with van der Waals surface area (Å²) in [6.45, 7) is 9.99. The molecule has 0 saturated carbocycles. The van der Waals surface area contributed by atoms with Gasteiger partial charge in [-0.25, -0.2) is 0 Å². The number of hydrogen-bond acceptors (Lipinski definition) is 4. The van der Waals surface area contributed by atoms with Gasteiger partial charge in [-0.15, -0.1) is 11.8 Å². The van der Waals surface area contributed by atoms with E-state index in [2.05, 4.69) is 36.5 Å². The van der Waals surface area contributed by atoms with Crippen LogP contribution in [0.5, 0.6) is 5.75 Å². The standard InChI is InChI=1S/C25H34N2O3S/c1-18-10-12-22(13-11-18)31-15-14-23(28)27(19(2)24(29)26-25(3,4)5)17-20-8-7-9-21(16-20)30-6/h7-13,16,19H,14-15,17H2,1-6H3,(H,26,29)/t19-/m0/s1. The Balaban J connectivity index is 2.11. The molecule has 0 radical (unpaired) electrons. The second-order valence-corrected chi connectivity index (χ2v) is 9.87. The Kier molecular flexibility index (Phi) is 8.99. The Hall–Kier alpha value is -2.47. The van der Waals surface area contributed by atoms with Crippen LogP contribution in [0.2, 0.25) is 0 Å². The molecule has 1 N–H and O–H groups in total. The topological polar surface area (TPSA) is 58.6 Å². The number of carbonyl (C=O) groups is 2. The van der Waals surface area contributed by atoms with Crippen molar-refractivity contribution in [3.8, 4) is 5.75 Å². The SMILES string of the molecule is COc1cccc(CN(C(=O)CCSc2ccc(C)cc2)[C@@H](C)C(=O)NC(C)(C)C)c1. The minimum absolute atomic E-state index is 0.0426. The van der Waals surface area contributed by atoms with Gasteiger partial charge in [-0.05, 0) is 64.4 Å². The number of amides is 2. The van der Waals surface area contributed by atoms with Gasteiger partial charge in [0.15, 0.2) is 0 Å². The third kappa shape index (κ3) is 8.29. The fourth-order valence-electron chi connectivity index (χ4n) is 3.06. The molecule has 0 aliphatic carbocycles.